The molecule has 1 atom stereocenters. The lowest BCUT2D eigenvalue weighted by molar-refractivity contribution is 0.110. The monoisotopic (exact) mass is 354 g/mol. The van der Waals surface area contributed by atoms with Gasteiger partial charge in [0, 0.05) is 48.4 Å². The van der Waals surface area contributed by atoms with Crippen LogP contribution in [-0.4, -0.2) is 23.8 Å². The maximum absolute atomic E-state index is 6.35. The molecule has 4 rings (SSSR count). The minimum absolute atomic E-state index is 0.372. The molecule has 3 aromatic rings. The summed E-state index contributed by atoms with van der Waals surface area (Å²) < 4.78 is 7.98. The van der Waals surface area contributed by atoms with Crippen LogP contribution in [0.1, 0.15) is 24.0 Å². The van der Waals surface area contributed by atoms with Crippen molar-refractivity contribution in [3.63, 3.8) is 0 Å². The third-order valence-corrected chi connectivity index (χ3v) is 5.25. The van der Waals surface area contributed by atoms with E-state index in [9.17, 15) is 0 Å². The SMILES string of the molecule is Clc1ccccc1Cn1cc(CNCC2CCCO2)c2ccccc21. The van der Waals surface area contributed by atoms with Gasteiger partial charge < -0.3 is 14.6 Å². The number of nitrogens with zero attached hydrogens (tertiary/aromatic N) is 1. The van der Waals surface area contributed by atoms with Crippen molar-refractivity contribution in [1.29, 1.82) is 0 Å². The zero-order valence-corrected chi connectivity index (χ0v) is 15.0. The summed E-state index contributed by atoms with van der Waals surface area (Å²) in [5.74, 6) is 0. The smallest absolute Gasteiger partial charge is 0.0700 e. The van der Waals surface area contributed by atoms with Crippen molar-refractivity contribution >= 4 is 22.5 Å². The van der Waals surface area contributed by atoms with Crippen molar-refractivity contribution in [2.24, 2.45) is 0 Å². The Kier molecular flexibility index (Phi) is 5.07. The van der Waals surface area contributed by atoms with Gasteiger partial charge in [0.15, 0.2) is 0 Å². The lowest BCUT2D eigenvalue weighted by Gasteiger charge is -2.10. The first-order valence-electron chi connectivity index (χ1n) is 8.94. The lowest BCUT2D eigenvalue weighted by atomic mass is 10.1. The summed E-state index contributed by atoms with van der Waals surface area (Å²) in [5, 5.41) is 5.68. The number of fused-ring (bicyclic) bond motifs is 1. The molecule has 1 saturated heterocycles. The molecule has 0 bridgehead atoms. The molecule has 1 unspecified atom stereocenters. The van der Waals surface area contributed by atoms with Gasteiger partial charge in [-0.1, -0.05) is 48.0 Å². The number of rotatable bonds is 6. The fourth-order valence-corrected chi connectivity index (χ4v) is 3.77. The van der Waals surface area contributed by atoms with Crippen LogP contribution in [0.25, 0.3) is 10.9 Å². The molecule has 2 heterocycles. The van der Waals surface area contributed by atoms with Crippen LogP contribution in [0, 0.1) is 0 Å². The molecule has 2 aromatic carbocycles. The molecule has 1 aliphatic heterocycles. The minimum atomic E-state index is 0.372. The van der Waals surface area contributed by atoms with Crippen LogP contribution in [-0.2, 0) is 17.8 Å². The fraction of sp³-hybridized carbons (Fsp3) is 0.333. The van der Waals surface area contributed by atoms with E-state index in [0.717, 1.165) is 36.8 Å². The number of hydrogen-bond acceptors (Lipinski definition) is 2. The number of para-hydroxylation sites is 1. The normalized spacial score (nSPS) is 17.4. The van der Waals surface area contributed by atoms with Crippen LogP contribution in [0.4, 0.5) is 0 Å². The second-order valence-corrected chi connectivity index (χ2v) is 7.06. The summed E-state index contributed by atoms with van der Waals surface area (Å²) in [7, 11) is 0. The highest BCUT2D eigenvalue weighted by Gasteiger charge is 2.15. The average Bonchev–Trinajstić information content (AvgIpc) is 3.26. The van der Waals surface area contributed by atoms with Gasteiger partial charge in [0.25, 0.3) is 0 Å². The molecule has 130 valence electrons. The highest BCUT2D eigenvalue weighted by Crippen LogP contribution is 2.24. The van der Waals surface area contributed by atoms with Crippen molar-refractivity contribution < 1.29 is 4.74 Å². The van der Waals surface area contributed by atoms with Crippen molar-refractivity contribution in [2.75, 3.05) is 13.2 Å². The third kappa shape index (κ3) is 3.74. The van der Waals surface area contributed by atoms with Crippen LogP contribution < -0.4 is 5.32 Å². The molecule has 0 aliphatic carbocycles. The molecule has 0 amide bonds. The molecule has 1 fully saturated rings. The zero-order chi connectivity index (χ0) is 17.1. The molecule has 0 radical (unpaired) electrons. The van der Waals surface area contributed by atoms with E-state index in [0.29, 0.717) is 6.10 Å². The Labute approximate surface area is 153 Å². The van der Waals surface area contributed by atoms with Crippen LogP contribution in [0.2, 0.25) is 5.02 Å². The summed E-state index contributed by atoms with van der Waals surface area (Å²) >= 11 is 6.35. The van der Waals surface area contributed by atoms with E-state index >= 15 is 0 Å². The van der Waals surface area contributed by atoms with E-state index in [1.165, 1.54) is 29.3 Å². The molecular formula is C21H23ClN2O. The number of halogens is 1. The Balaban J connectivity index is 1.54. The van der Waals surface area contributed by atoms with Gasteiger partial charge in [-0.25, -0.2) is 0 Å². The summed E-state index contributed by atoms with van der Waals surface area (Å²) in [5.41, 5.74) is 3.71. The fourth-order valence-electron chi connectivity index (χ4n) is 3.58. The Bertz CT molecular complexity index is 852. The molecule has 0 spiro atoms. The lowest BCUT2D eigenvalue weighted by Crippen LogP contribution is -2.25. The number of benzene rings is 2. The number of nitrogens with one attached hydrogen (secondary N) is 1. The van der Waals surface area contributed by atoms with E-state index in [1.54, 1.807) is 0 Å². The maximum Gasteiger partial charge on any atom is 0.0700 e. The van der Waals surface area contributed by atoms with Crippen molar-refractivity contribution in [3.8, 4) is 0 Å². The van der Waals surface area contributed by atoms with Gasteiger partial charge in [-0.05, 0) is 36.1 Å². The van der Waals surface area contributed by atoms with Crippen molar-refractivity contribution in [2.45, 2.75) is 32.0 Å². The maximum atomic E-state index is 6.35. The topological polar surface area (TPSA) is 26.2 Å². The number of hydrogen-bond donors (Lipinski definition) is 1. The van der Waals surface area contributed by atoms with Gasteiger partial charge in [0.1, 0.15) is 0 Å². The molecule has 3 nitrogen and oxygen atoms in total. The Morgan fingerprint density at radius 1 is 1.08 bits per heavy atom. The summed E-state index contributed by atoms with van der Waals surface area (Å²) in [6, 6.07) is 16.6. The Hall–Kier alpha value is -1.81. The Morgan fingerprint density at radius 2 is 1.92 bits per heavy atom. The quantitative estimate of drug-likeness (QED) is 0.699. The van der Waals surface area contributed by atoms with E-state index in [2.05, 4.69) is 46.4 Å². The summed E-state index contributed by atoms with van der Waals surface area (Å²) in [4.78, 5) is 0. The van der Waals surface area contributed by atoms with Crippen molar-refractivity contribution in [3.05, 3.63) is 70.9 Å². The molecule has 25 heavy (non-hydrogen) atoms. The second kappa shape index (κ2) is 7.61. The van der Waals surface area contributed by atoms with E-state index in [1.807, 2.05) is 18.2 Å². The van der Waals surface area contributed by atoms with E-state index in [-0.39, 0.29) is 0 Å². The van der Waals surface area contributed by atoms with E-state index in [4.69, 9.17) is 16.3 Å². The summed E-state index contributed by atoms with van der Waals surface area (Å²) in [6.45, 7) is 3.47. The van der Waals surface area contributed by atoms with Crippen molar-refractivity contribution in [1.82, 2.24) is 9.88 Å². The van der Waals surface area contributed by atoms with Gasteiger partial charge >= 0.3 is 0 Å². The van der Waals surface area contributed by atoms with Gasteiger partial charge in [0.2, 0.25) is 0 Å². The number of ether oxygens (including phenoxy) is 1. The van der Waals surface area contributed by atoms with Crippen LogP contribution in [0.3, 0.4) is 0 Å². The summed E-state index contributed by atoms with van der Waals surface area (Å²) in [6.07, 6.45) is 4.97. The minimum Gasteiger partial charge on any atom is -0.377 e. The molecular weight excluding hydrogens is 332 g/mol. The second-order valence-electron chi connectivity index (χ2n) is 6.66. The first-order valence-corrected chi connectivity index (χ1v) is 9.31. The third-order valence-electron chi connectivity index (χ3n) is 4.88. The predicted octanol–water partition coefficient (Wildman–Crippen LogP) is 4.61. The average molecular weight is 355 g/mol. The zero-order valence-electron chi connectivity index (χ0n) is 14.2. The van der Waals surface area contributed by atoms with Gasteiger partial charge in [-0.15, -0.1) is 0 Å². The Morgan fingerprint density at radius 3 is 2.76 bits per heavy atom. The highest BCUT2D eigenvalue weighted by atomic mass is 35.5. The number of aromatic nitrogens is 1. The first kappa shape index (κ1) is 16.6. The van der Waals surface area contributed by atoms with Gasteiger partial charge in [-0.2, -0.15) is 0 Å². The van der Waals surface area contributed by atoms with Crippen LogP contribution in [0.15, 0.2) is 54.7 Å². The van der Waals surface area contributed by atoms with E-state index < -0.39 is 0 Å². The first-order chi connectivity index (χ1) is 12.3. The molecule has 1 aliphatic rings. The van der Waals surface area contributed by atoms with Gasteiger partial charge in [0.05, 0.1) is 6.10 Å². The predicted molar refractivity (Wildman–Crippen MR) is 103 cm³/mol. The highest BCUT2D eigenvalue weighted by molar-refractivity contribution is 6.31. The molecule has 1 N–H and O–H groups in total. The molecule has 1 aromatic heterocycles. The largest absolute Gasteiger partial charge is 0.377 e. The standard InChI is InChI=1S/C21H23ClN2O/c22-20-9-3-1-6-16(20)14-24-15-17(19-8-2-4-10-21(19)24)12-23-13-18-7-5-11-25-18/h1-4,6,8-10,15,18,23H,5,7,11-14H2. The molecule has 0 saturated carbocycles. The van der Waals surface area contributed by atoms with Crippen LogP contribution >= 0.6 is 11.6 Å². The van der Waals surface area contributed by atoms with Gasteiger partial charge in [-0.3, -0.25) is 0 Å². The van der Waals surface area contributed by atoms with Crippen LogP contribution in [0.5, 0.6) is 0 Å². The molecule has 4 heteroatoms.